The molecule has 0 radical (unpaired) electrons. The molecule has 0 fully saturated rings. The topological polar surface area (TPSA) is 45.2 Å². The molecular formula is C17H21N3OS. The average Bonchev–Trinajstić information content (AvgIpc) is 2.95. The zero-order valence-corrected chi connectivity index (χ0v) is 14.0. The number of thiazole rings is 1. The largest absolute Gasteiger partial charge is 0.315 e. The van der Waals surface area contributed by atoms with E-state index in [-0.39, 0.29) is 11.9 Å². The van der Waals surface area contributed by atoms with Gasteiger partial charge in [0, 0.05) is 36.8 Å². The molecule has 1 aromatic heterocycles. The zero-order valence-electron chi connectivity index (χ0n) is 13.2. The summed E-state index contributed by atoms with van der Waals surface area (Å²) in [6, 6.07) is 6.62. The Labute approximate surface area is 135 Å². The Hall–Kier alpha value is -1.72. The summed E-state index contributed by atoms with van der Waals surface area (Å²) in [5, 5.41) is 4.65. The second kappa shape index (κ2) is 6.18. The van der Waals surface area contributed by atoms with Crippen molar-refractivity contribution in [3.63, 3.8) is 0 Å². The number of carbonyl (C=O) groups is 1. The smallest absolute Gasteiger partial charge is 0.227 e. The maximum atomic E-state index is 11.7. The van der Waals surface area contributed by atoms with Crippen molar-refractivity contribution in [2.75, 3.05) is 11.9 Å². The molecule has 4 nitrogen and oxygen atoms in total. The van der Waals surface area contributed by atoms with Gasteiger partial charge in [-0.15, -0.1) is 11.3 Å². The first-order valence-corrected chi connectivity index (χ1v) is 8.40. The van der Waals surface area contributed by atoms with Gasteiger partial charge in [-0.2, -0.15) is 0 Å². The van der Waals surface area contributed by atoms with Gasteiger partial charge in [-0.25, -0.2) is 4.98 Å². The molecule has 5 heteroatoms. The van der Waals surface area contributed by atoms with Crippen LogP contribution in [0.2, 0.25) is 0 Å². The summed E-state index contributed by atoms with van der Waals surface area (Å²) >= 11 is 1.74. The van der Waals surface area contributed by atoms with Gasteiger partial charge in [-0.05, 0) is 37.5 Å². The lowest BCUT2D eigenvalue weighted by molar-refractivity contribution is -0.118. The number of amides is 1. The van der Waals surface area contributed by atoms with Crippen LogP contribution in [-0.4, -0.2) is 17.9 Å². The molecule has 0 aliphatic carbocycles. The monoisotopic (exact) mass is 315 g/mol. The number of hydrogen-bond acceptors (Lipinski definition) is 4. The van der Waals surface area contributed by atoms with Gasteiger partial charge in [0.15, 0.2) is 0 Å². The minimum atomic E-state index is 0.200. The fourth-order valence-corrected chi connectivity index (χ4v) is 3.55. The Bertz CT molecular complexity index is 695. The van der Waals surface area contributed by atoms with Gasteiger partial charge in [0.25, 0.3) is 0 Å². The first-order chi connectivity index (χ1) is 10.5. The number of nitrogens with zero attached hydrogens (tertiary/aromatic N) is 2. The Kier molecular flexibility index (Phi) is 4.27. The summed E-state index contributed by atoms with van der Waals surface area (Å²) in [7, 11) is 1.85. The first-order valence-electron chi connectivity index (χ1n) is 7.58. The Morgan fingerprint density at radius 1 is 1.41 bits per heavy atom. The summed E-state index contributed by atoms with van der Waals surface area (Å²) in [4.78, 5) is 19.2. The molecule has 1 N–H and O–H groups in total. The molecule has 1 aliphatic heterocycles. The second-order valence-electron chi connectivity index (χ2n) is 5.83. The molecule has 3 rings (SSSR count). The van der Waals surface area contributed by atoms with Gasteiger partial charge in [0.05, 0.1) is 6.04 Å². The van der Waals surface area contributed by atoms with E-state index in [0.717, 1.165) is 23.7 Å². The number of nitrogens with one attached hydrogen (secondary N) is 1. The minimum absolute atomic E-state index is 0.200. The first kappa shape index (κ1) is 15.2. The zero-order chi connectivity index (χ0) is 15.7. The number of aryl methyl sites for hydroxylation is 2. The minimum Gasteiger partial charge on any atom is -0.315 e. The SMILES string of the molecule is Cc1cnc(C(C)NCc2ccc3c(c2)CCC(=O)N3C)s1. The van der Waals surface area contributed by atoms with Crippen LogP contribution < -0.4 is 10.2 Å². The highest BCUT2D eigenvalue weighted by atomic mass is 32.1. The number of anilines is 1. The highest BCUT2D eigenvalue weighted by Gasteiger charge is 2.20. The van der Waals surface area contributed by atoms with Crippen LogP contribution in [0.3, 0.4) is 0 Å². The molecule has 116 valence electrons. The van der Waals surface area contributed by atoms with Gasteiger partial charge in [-0.1, -0.05) is 12.1 Å². The summed E-state index contributed by atoms with van der Waals surface area (Å²) in [5.74, 6) is 0.200. The van der Waals surface area contributed by atoms with Crippen molar-refractivity contribution in [3.05, 3.63) is 45.4 Å². The molecule has 2 aromatic rings. The lowest BCUT2D eigenvalue weighted by Crippen LogP contribution is -2.31. The molecule has 1 aromatic carbocycles. The van der Waals surface area contributed by atoms with Crippen molar-refractivity contribution in [1.29, 1.82) is 0 Å². The highest BCUT2D eigenvalue weighted by molar-refractivity contribution is 7.11. The van der Waals surface area contributed by atoms with Crippen molar-refractivity contribution in [2.24, 2.45) is 0 Å². The summed E-state index contributed by atoms with van der Waals surface area (Å²) in [5.41, 5.74) is 3.56. The highest BCUT2D eigenvalue weighted by Crippen LogP contribution is 2.28. The fraction of sp³-hybridized carbons (Fsp3) is 0.412. The molecule has 22 heavy (non-hydrogen) atoms. The van der Waals surface area contributed by atoms with Gasteiger partial charge < -0.3 is 10.2 Å². The summed E-state index contributed by atoms with van der Waals surface area (Å²) in [6.07, 6.45) is 3.37. The summed E-state index contributed by atoms with van der Waals surface area (Å²) < 4.78 is 0. The molecule has 0 bridgehead atoms. The van der Waals surface area contributed by atoms with Crippen molar-refractivity contribution in [2.45, 2.75) is 39.3 Å². The number of carbonyl (C=O) groups excluding carboxylic acids is 1. The maximum Gasteiger partial charge on any atom is 0.227 e. The number of aromatic nitrogens is 1. The van der Waals surface area contributed by atoms with Crippen LogP contribution in [0.25, 0.3) is 0 Å². The van der Waals surface area contributed by atoms with E-state index in [0.29, 0.717) is 6.42 Å². The van der Waals surface area contributed by atoms with E-state index in [1.807, 2.05) is 13.2 Å². The Balaban J connectivity index is 1.68. The number of benzene rings is 1. The van der Waals surface area contributed by atoms with Gasteiger partial charge in [-0.3, -0.25) is 4.79 Å². The third-order valence-corrected chi connectivity index (χ3v) is 5.21. The number of rotatable bonds is 4. The molecule has 1 aliphatic rings. The van der Waals surface area contributed by atoms with E-state index in [1.54, 1.807) is 16.2 Å². The van der Waals surface area contributed by atoms with Crippen LogP contribution in [0.4, 0.5) is 5.69 Å². The van der Waals surface area contributed by atoms with Crippen molar-refractivity contribution in [1.82, 2.24) is 10.3 Å². The van der Waals surface area contributed by atoms with Gasteiger partial charge in [0.1, 0.15) is 5.01 Å². The van der Waals surface area contributed by atoms with Crippen molar-refractivity contribution >= 4 is 22.9 Å². The predicted molar refractivity (Wildman–Crippen MR) is 90.3 cm³/mol. The molecule has 0 spiro atoms. The van der Waals surface area contributed by atoms with Crippen LogP contribution in [0, 0.1) is 6.92 Å². The third-order valence-electron chi connectivity index (χ3n) is 4.11. The van der Waals surface area contributed by atoms with Gasteiger partial charge >= 0.3 is 0 Å². The van der Waals surface area contributed by atoms with E-state index in [2.05, 4.69) is 42.3 Å². The Morgan fingerprint density at radius 2 is 2.23 bits per heavy atom. The molecule has 0 saturated heterocycles. The molecule has 1 unspecified atom stereocenters. The van der Waals surface area contributed by atoms with E-state index in [4.69, 9.17) is 0 Å². The summed E-state index contributed by atoms with van der Waals surface area (Å²) in [6.45, 7) is 5.03. The molecular weight excluding hydrogens is 294 g/mol. The molecule has 1 amide bonds. The van der Waals surface area contributed by atoms with E-state index in [9.17, 15) is 4.79 Å². The van der Waals surface area contributed by atoms with Crippen molar-refractivity contribution < 1.29 is 4.79 Å². The van der Waals surface area contributed by atoms with Crippen LogP contribution in [0.15, 0.2) is 24.4 Å². The van der Waals surface area contributed by atoms with Crippen LogP contribution in [-0.2, 0) is 17.8 Å². The fourth-order valence-electron chi connectivity index (χ4n) is 2.75. The standard InChI is InChI=1S/C17H21N3OS/c1-11-9-19-17(22-11)12(2)18-10-13-4-6-15-14(8-13)5-7-16(21)20(15)3/h4,6,8-9,12,18H,5,7,10H2,1-3H3. The third kappa shape index (κ3) is 3.05. The van der Waals surface area contributed by atoms with Gasteiger partial charge in [0.2, 0.25) is 5.91 Å². The lowest BCUT2D eigenvalue weighted by Gasteiger charge is -2.26. The second-order valence-corrected chi connectivity index (χ2v) is 7.09. The quantitative estimate of drug-likeness (QED) is 0.942. The van der Waals surface area contributed by atoms with E-state index in [1.165, 1.54) is 16.0 Å². The number of fused-ring (bicyclic) bond motifs is 1. The molecule has 1 atom stereocenters. The molecule has 2 heterocycles. The Morgan fingerprint density at radius 3 is 2.95 bits per heavy atom. The predicted octanol–water partition coefficient (Wildman–Crippen LogP) is 3.21. The van der Waals surface area contributed by atoms with Crippen LogP contribution >= 0.6 is 11.3 Å². The van der Waals surface area contributed by atoms with Crippen molar-refractivity contribution in [3.8, 4) is 0 Å². The van der Waals surface area contributed by atoms with Crippen LogP contribution in [0.5, 0.6) is 0 Å². The average molecular weight is 315 g/mol. The van der Waals surface area contributed by atoms with Crippen LogP contribution in [0.1, 0.15) is 40.4 Å². The molecule has 0 saturated carbocycles. The normalized spacial score (nSPS) is 15.8. The van der Waals surface area contributed by atoms with E-state index < -0.39 is 0 Å². The maximum absolute atomic E-state index is 11.7. The lowest BCUT2D eigenvalue weighted by atomic mass is 9.99. The number of hydrogen-bond donors (Lipinski definition) is 1. The van der Waals surface area contributed by atoms with E-state index >= 15 is 0 Å².